The predicted octanol–water partition coefficient (Wildman–Crippen LogP) is 4.39. The van der Waals surface area contributed by atoms with E-state index in [2.05, 4.69) is 16.7 Å². The molecule has 0 radical (unpaired) electrons. The molecule has 0 atom stereocenters. The monoisotopic (exact) mass is 477 g/mol. The van der Waals surface area contributed by atoms with E-state index in [4.69, 9.17) is 19.4 Å². The number of aromatic nitrogens is 2. The largest absolute Gasteiger partial charge is 0.493 e. The molecule has 0 bridgehead atoms. The molecule has 1 saturated carbocycles. The third-order valence-electron chi connectivity index (χ3n) is 6.43. The molecule has 1 aliphatic carbocycles. The van der Waals surface area contributed by atoms with Gasteiger partial charge < -0.3 is 25.0 Å². The molecule has 1 aromatic heterocycles. The fourth-order valence-corrected chi connectivity index (χ4v) is 4.64. The van der Waals surface area contributed by atoms with Gasteiger partial charge in [0.25, 0.3) is 0 Å². The second-order valence-electron chi connectivity index (χ2n) is 9.35. The Labute approximate surface area is 207 Å². The molecule has 1 heterocycles. The first-order valence-corrected chi connectivity index (χ1v) is 12.2. The Balaban J connectivity index is 1.26. The minimum Gasteiger partial charge on any atom is -0.493 e. The summed E-state index contributed by atoms with van der Waals surface area (Å²) in [5.74, 6) is 2.95. The summed E-state index contributed by atoms with van der Waals surface area (Å²) in [4.78, 5) is 22.8. The quantitative estimate of drug-likeness (QED) is 0.347. The van der Waals surface area contributed by atoms with Crippen molar-refractivity contribution in [3.63, 3.8) is 0 Å². The molecule has 8 heteroatoms. The van der Waals surface area contributed by atoms with Crippen LogP contribution in [0, 0.1) is 5.92 Å². The first kappa shape index (κ1) is 24.7. The SMILES string of the molecule is COc1cc(CNC[C@H]2CC[C@@H](Nc3nc(N(C)C)c4ccccc4n3)CC2)ccc1OC(C)=O. The van der Waals surface area contributed by atoms with Crippen molar-refractivity contribution >= 4 is 28.6 Å². The maximum Gasteiger partial charge on any atom is 0.308 e. The van der Waals surface area contributed by atoms with Gasteiger partial charge in [0.2, 0.25) is 5.95 Å². The van der Waals surface area contributed by atoms with Crippen molar-refractivity contribution < 1.29 is 14.3 Å². The Kier molecular flexibility index (Phi) is 8.02. The van der Waals surface area contributed by atoms with Gasteiger partial charge in [0.15, 0.2) is 11.5 Å². The zero-order valence-corrected chi connectivity index (χ0v) is 21.0. The maximum absolute atomic E-state index is 11.2. The Bertz CT molecular complexity index is 1160. The van der Waals surface area contributed by atoms with Crippen molar-refractivity contribution in [3.05, 3.63) is 48.0 Å². The van der Waals surface area contributed by atoms with Crippen LogP contribution in [0.4, 0.5) is 11.8 Å². The predicted molar refractivity (Wildman–Crippen MR) is 139 cm³/mol. The van der Waals surface area contributed by atoms with Gasteiger partial charge in [-0.25, -0.2) is 4.98 Å². The van der Waals surface area contributed by atoms with E-state index in [1.807, 2.05) is 49.3 Å². The minimum atomic E-state index is -0.357. The fourth-order valence-electron chi connectivity index (χ4n) is 4.64. The van der Waals surface area contributed by atoms with Crippen molar-refractivity contribution in [2.24, 2.45) is 5.92 Å². The lowest BCUT2D eigenvalue weighted by Crippen LogP contribution is -2.31. The van der Waals surface area contributed by atoms with E-state index in [0.29, 0.717) is 29.4 Å². The van der Waals surface area contributed by atoms with Crippen LogP contribution in [0.5, 0.6) is 11.5 Å². The van der Waals surface area contributed by atoms with Crippen molar-refractivity contribution in [1.82, 2.24) is 15.3 Å². The highest BCUT2D eigenvalue weighted by molar-refractivity contribution is 5.90. The molecular formula is C27H35N5O3. The number of ether oxygens (including phenoxy) is 2. The van der Waals surface area contributed by atoms with E-state index < -0.39 is 0 Å². The van der Waals surface area contributed by atoms with E-state index in [0.717, 1.165) is 61.1 Å². The summed E-state index contributed by atoms with van der Waals surface area (Å²) in [6, 6.07) is 14.2. The summed E-state index contributed by atoms with van der Waals surface area (Å²) in [7, 11) is 5.61. The maximum atomic E-state index is 11.2. The number of carbonyl (C=O) groups excluding carboxylic acids is 1. The number of hydrogen-bond acceptors (Lipinski definition) is 8. The fraction of sp³-hybridized carbons (Fsp3) is 0.444. The lowest BCUT2D eigenvalue weighted by molar-refractivity contribution is -0.132. The van der Waals surface area contributed by atoms with Crippen LogP contribution in [-0.4, -0.2) is 49.7 Å². The van der Waals surface area contributed by atoms with Crippen molar-refractivity contribution in [2.75, 3.05) is 38.0 Å². The number of fused-ring (bicyclic) bond motifs is 1. The molecule has 1 fully saturated rings. The van der Waals surface area contributed by atoms with Crippen LogP contribution >= 0.6 is 0 Å². The van der Waals surface area contributed by atoms with E-state index >= 15 is 0 Å². The minimum absolute atomic E-state index is 0.357. The Morgan fingerprint density at radius 1 is 1.06 bits per heavy atom. The lowest BCUT2D eigenvalue weighted by Gasteiger charge is -2.29. The molecule has 2 N–H and O–H groups in total. The van der Waals surface area contributed by atoms with Crippen LogP contribution in [0.1, 0.15) is 38.2 Å². The molecule has 0 amide bonds. The lowest BCUT2D eigenvalue weighted by atomic mass is 9.86. The molecule has 186 valence electrons. The molecule has 0 unspecified atom stereocenters. The van der Waals surface area contributed by atoms with E-state index in [-0.39, 0.29) is 5.97 Å². The normalized spacial score (nSPS) is 17.7. The highest BCUT2D eigenvalue weighted by atomic mass is 16.6. The smallest absolute Gasteiger partial charge is 0.308 e. The van der Waals surface area contributed by atoms with Crippen molar-refractivity contribution in [3.8, 4) is 11.5 Å². The number of rotatable bonds is 9. The first-order valence-electron chi connectivity index (χ1n) is 12.2. The van der Waals surface area contributed by atoms with Crippen LogP contribution in [0.2, 0.25) is 0 Å². The standard InChI is InChI=1S/C27H35N5O3/c1-18(33)35-24-14-11-20(15-25(24)34-4)17-28-16-19-9-12-21(13-10-19)29-27-30-23-8-6-5-7-22(23)26(31-27)32(2)3/h5-8,11,14-15,19,21,28H,9-10,12-13,16-17H2,1-4H3,(H,29,30,31)/t19-,21+. The highest BCUT2D eigenvalue weighted by Crippen LogP contribution is 2.30. The number of methoxy groups -OCH3 is 1. The van der Waals surface area contributed by atoms with Gasteiger partial charge in [0.05, 0.1) is 12.6 Å². The first-order chi connectivity index (χ1) is 16.9. The van der Waals surface area contributed by atoms with Gasteiger partial charge in [-0.2, -0.15) is 4.98 Å². The molecule has 3 aromatic rings. The molecule has 4 rings (SSSR count). The van der Waals surface area contributed by atoms with Gasteiger partial charge in [0, 0.05) is 39.0 Å². The zero-order valence-electron chi connectivity index (χ0n) is 21.0. The van der Waals surface area contributed by atoms with Crippen LogP contribution < -0.4 is 25.0 Å². The molecule has 0 aliphatic heterocycles. The summed E-state index contributed by atoms with van der Waals surface area (Å²) in [6.07, 6.45) is 4.52. The number of benzene rings is 2. The number of para-hydroxylation sites is 1. The van der Waals surface area contributed by atoms with Crippen LogP contribution in [0.3, 0.4) is 0 Å². The van der Waals surface area contributed by atoms with Gasteiger partial charge in [0.1, 0.15) is 5.82 Å². The van der Waals surface area contributed by atoms with Gasteiger partial charge in [-0.05, 0) is 68.0 Å². The van der Waals surface area contributed by atoms with Crippen LogP contribution in [0.25, 0.3) is 10.9 Å². The highest BCUT2D eigenvalue weighted by Gasteiger charge is 2.22. The summed E-state index contributed by atoms with van der Waals surface area (Å²) in [6.45, 7) is 3.10. The Hall–Kier alpha value is -3.39. The molecule has 0 saturated heterocycles. The molecule has 35 heavy (non-hydrogen) atoms. The summed E-state index contributed by atoms with van der Waals surface area (Å²) >= 11 is 0. The molecular weight excluding hydrogens is 442 g/mol. The Morgan fingerprint density at radius 3 is 2.54 bits per heavy atom. The zero-order chi connectivity index (χ0) is 24.8. The molecule has 0 spiro atoms. The third kappa shape index (κ3) is 6.39. The second-order valence-corrected chi connectivity index (χ2v) is 9.35. The Morgan fingerprint density at radius 2 is 1.83 bits per heavy atom. The van der Waals surface area contributed by atoms with E-state index in [9.17, 15) is 4.79 Å². The van der Waals surface area contributed by atoms with Crippen molar-refractivity contribution in [2.45, 2.75) is 45.2 Å². The van der Waals surface area contributed by atoms with Gasteiger partial charge in [-0.1, -0.05) is 18.2 Å². The average molecular weight is 478 g/mol. The number of anilines is 2. The number of nitrogens with zero attached hydrogens (tertiary/aromatic N) is 3. The number of carbonyl (C=O) groups is 1. The van der Waals surface area contributed by atoms with Gasteiger partial charge >= 0.3 is 5.97 Å². The summed E-state index contributed by atoms with van der Waals surface area (Å²) in [5, 5.41) is 8.22. The van der Waals surface area contributed by atoms with E-state index in [1.165, 1.54) is 6.92 Å². The summed E-state index contributed by atoms with van der Waals surface area (Å²) < 4.78 is 10.5. The second kappa shape index (κ2) is 11.4. The van der Waals surface area contributed by atoms with E-state index in [1.54, 1.807) is 13.2 Å². The van der Waals surface area contributed by atoms with Crippen LogP contribution in [-0.2, 0) is 11.3 Å². The molecule has 8 nitrogen and oxygen atoms in total. The van der Waals surface area contributed by atoms with Crippen LogP contribution in [0.15, 0.2) is 42.5 Å². The summed E-state index contributed by atoms with van der Waals surface area (Å²) in [5.41, 5.74) is 2.06. The number of nitrogens with one attached hydrogen (secondary N) is 2. The third-order valence-corrected chi connectivity index (χ3v) is 6.43. The van der Waals surface area contributed by atoms with Gasteiger partial charge in [-0.3, -0.25) is 4.79 Å². The number of esters is 1. The molecule has 2 aromatic carbocycles. The molecule has 1 aliphatic rings. The number of hydrogen-bond donors (Lipinski definition) is 2. The van der Waals surface area contributed by atoms with Crippen molar-refractivity contribution in [1.29, 1.82) is 0 Å². The topological polar surface area (TPSA) is 88.6 Å². The van der Waals surface area contributed by atoms with Gasteiger partial charge in [-0.15, -0.1) is 0 Å². The average Bonchev–Trinajstić information content (AvgIpc) is 2.85.